The van der Waals surface area contributed by atoms with Crippen LogP contribution >= 0.6 is 11.6 Å². The van der Waals surface area contributed by atoms with Gasteiger partial charge < -0.3 is 15.6 Å². The summed E-state index contributed by atoms with van der Waals surface area (Å²) in [4.78, 5) is 21.2. The van der Waals surface area contributed by atoms with Crippen molar-refractivity contribution in [1.82, 2.24) is 24.9 Å². The summed E-state index contributed by atoms with van der Waals surface area (Å²) in [6.45, 7) is 0.217. The Bertz CT molecular complexity index is 1450. The van der Waals surface area contributed by atoms with Crippen molar-refractivity contribution in [2.45, 2.75) is 19.1 Å². The van der Waals surface area contributed by atoms with Gasteiger partial charge in [-0.1, -0.05) is 47.1 Å². The number of alkyl halides is 1. The van der Waals surface area contributed by atoms with Crippen molar-refractivity contribution in [2.24, 2.45) is 0 Å². The molecule has 0 spiro atoms. The fourth-order valence-corrected chi connectivity index (χ4v) is 3.84. The lowest BCUT2D eigenvalue weighted by Crippen LogP contribution is -2.15. The SMILES string of the molecule is Nc1nc(-c2cc(-c3ccon3)n(CC3=CC=CCC3F)n2)ncc1NC(=O)c1ccccc1Cl. The number of carbonyl (C=O) groups excluding carboxylic acids is 1. The topological polar surface area (TPSA) is 125 Å². The number of anilines is 2. The van der Waals surface area contributed by atoms with Crippen LogP contribution in [0.4, 0.5) is 15.9 Å². The summed E-state index contributed by atoms with van der Waals surface area (Å²) in [7, 11) is 0. The molecule has 0 fully saturated rings. The summed E-state index contributed by atoms with van der Waals surface area (Å²) in [5, 5.41) is 11.5. The lowest BCUT2D eigenvalue weighted by atomic mass is 10.0. The van der Waals surface area contributed by atoms with Crippen molar-refractivity contribution in [3.8, 4) is 22.9 Å². The Labute approximate surface area is 204 Å². The van der Waals surface area contributed by atoms with Crippen molar-refractivity contribution < 1.29 is 13.7 Å². The number of hydrogen-bond acceptors (Lipinski definition) is 7. The van der Waals surface area contributed by atoms with Crippen LogP contribution in [0.25, 0.3) is 22.9 Å². The first-order valence-corrected chi connectivity index (χ1v) is 11.0. The number of nitrogens with zero attached hydrogens (tertiary/aromatic N) is 5. The minimum atomic E-state index is -1.09. The molecular weight excluding hydrogens is 473 g/mol. The van der Waals surface area contributed by atoms with Gasteiger partial charge in [-0.05, 0) is 23.8 Å². The molecule has 3 heterocycles. The Hall–Kier alpha value is -4.31. The molecule has 9 nitrogen and oxygen atoms in total. The zero-order valence-corrected chi connectivity index (χ0v) is 19.0. The van der Waals surface area contributed by atoms with Crippen LogP contribution in [-0.4, -0.2) is 37.0 Å². The molecule has 1 aromatic carbocycles. The van der Waals surface area contributed by atoms with E-state index >= 15 is 0 Å². The third-order valence-corrected chi connectivity index (χ3v) is 5.75. The fraction of sp³-hybridized carbons (Fsp3) is 0.125. The third-order valence-electron chi connectivity index (χ3n) is 5.42. The Morgan fingerprint density at radius 3 is 2.89 bits per heavy atom. The van der Waals surface area contributed by atoms with Crippen LogP contribution in [0.15, 0.2) is 77.2 Å². The van der Waals surface area contributed by atoms with Gasteiger partial charge in [0, 0.05) is 12.5 Å². The van der Waals surface area contributed by atoms with Gasteiger partial charge in [0.1, 0.15) is 29.5 Å². The monoisotopic (exact) mass is 491 g/mol. The molecular formula is C24H19ClFN7O2. The van der Waals surface area contributed by atoms with E-state index in [9.17, 15) is 9.18 Å². The summed E-state index contributed by atoms with van der Waals surface area (Å²) in [6, 6.07) is 10.1. The number of amides is 1. The van der Waals surface area contributed by atoms with Crippen LogP contribution in [-0.2, 0) is 6.54 Å². The molecule has 3 N–H and O–H groups in total. The zero-order valence-electron chi connectivity index (χ0n) is 18.2. The summed E-state index contributed by atoms with van der Waals surface area (Å²) in [6.07, 6.45) is 7.42. The highest BCUT2D eigenvalue weighted by atomic mass is 35.5. The number of benzene rings is 1. The third kappa shape index (κ3) is 4.69. The minimum absolute atomic E-state index is 0.0527. The standard InChI is InChI=1S/C24H19ClFN7O2/c25-16-7-3-2-6-15(16)24(34)29-20-12-28-23(30-22(20)27)19-11-21(18-9-10-35-32-18)33(31-19)13-14-5-1-4-8-17(14)26/h1-7,9-12,17H,8,13H2,(H,29,34)(H2,27,28,30). The molecule has 0 radical (unpaired) electrons. The molecule has 176 valence electrons. The van der Waals surface area contributed by atoms with Crippen molar-refractivity contribution >= 4 is 29.0 Å². The van der Waals surface area contributed by atoms with Gasteiger partial charge in [-0.15, -0.1) is 0 Å². The minimum Gasteiger partial charge on any atom is -0.382 e. The van der Waals surface area contributed by atoms with E-state index in [2.05, 4.69) is 25.5 Å². The molecule has 1 unspecified atom stereocenters. The van der Waals surface area contributed by atoms with Gasteiger partial charge in [0.25, 0.3) is 5.91 Å². The number of carbonyl (C=O) groups is 1. The second-order valence-electron chi connectivity index (χ2n) is 7.76. The van der Waals surface area contributed by atoms with Gasteiger partial charge in [0.05, 0.1) is 29.0 Å². The Morgan fingerprint density at radius 1 is 1.29 bits per heavy atom. The Balaban J connectivity index is 1.44. The second-order valence-corrected chi connectivity index (χ2v) is 8.16. The molecule has 11 heteroatoms. The quantitative estimate of drug-likeness (QED) is 0.400. The van der Waals surface area contributed by atoms with E-state index in [0.717, 1.165) is 0 Å². The predicted molar refractivity (Wildman–Crippen MR) is 129 cm³/mol. The lowest BCUT2D eigenvalue weighted by molar-refractivity contribution is 0.102. The van der Waals surface area contributed by atoms with Gasteiger partial charge in [-0.2, -0.15) is 5.10 Å². The number of nitrogen functional groups attached to an aromatic ring is 1. The van der Waals surface area contributed by atoms with Crippen LogP contribution in [0.1, 0.15) is 16.8 Å². The lowest BCUT2D eigenvalue weighted by Gasteiger charge is -2.15. The van der Waals surface area contributed by atoms with Gasteiger partial charge in [-0.25, -0.2) is 14.4 Å². The Morgan fingerprint density at radius 2 is 2.14 bits per heavy atom. The molecule has 1 aliphatic rings. The smallest absolute Gasteiger partial charge is 0.257 e. The van der Waals surface area contributed by atoms with Crippen LogP contribution in [0, 0.1) is 0 Å². The maximum atomic E-state index is 14.4. The highest BCUT2D eigenvalue weighted by Gasteiger charge is 2.21. The zero-order chi connectivity index (χ0) is 24.4. The molecule has 0 aliphatic heterocycles. The number of halogens is 2. The van der Waals surface area contributed by atoms with E-state index in [1.165, 1.54) is 12.5 Å². The van der Waals surface area contributed by atoms with Crippen molar-refractivity contribution in [3.63, 3.8) is 0 Å². The molecule has 35 heavy (non-hydrogen) atoms. The second kappa shape index (κ2) is 9.51. The Kier molecular flexibility index (Phi) is 6.11. The molecule has 5 rings (SSSR count). The van der Waals surface area contributed by atoms with E-state index in [4.69, 9.17) is 21.9 Å². The molecule has 0 saturated carbocycles. The highest BCUT2D eigenvalue weighted by molar-refractivity contribution is 6.34. The normalized spacial score (nSPS) is 15.1. The van der Waals surface area contributed by atoms with Gasteiger partial charge >= 0.3 is 0 Å². The summed E-state index contributed by atoms with van der Waals surface area (Å²) in [5.41, 5.74) is 8.76. The van der Waals surface area contributed by atoms with E-state index in [1.54, 1.807) is 53.2 Å². The number of aromatic nitrogens is 5. The summed E-state index contributed by atoms with van der Waals surface area (Å²) < 4.78 is 21.0. The number of nitrogens with one attached hydrogen (secondary N) is 1. The average molecular weight is 492 g/mol. The molecule has 0 saturated heterocycles. The predicted octanol–water partition coefficient (Wildman–Crippen LogP) is 4.71. The molecule has 1 amide bonds. The maximum absolute atomic E-state index is 14.4. The van der Waals surface area contributed by atoms with Crippen LogP contribution < -0.4 is 11.1 Å². The molecule has 4 aromatic rings. The number of hydrogen-bond donors (Lipinski definition) is 2. The molecule has 3 aromatic heterocycles. The van der Waals surface area contributed by atoms with Gasteiger partial charge in [-0.3, -0.25) is 9.48 Å². The summed E-state index contributed by atoms with van der Waals surface area (Å²) >= 11 is 6.09. The van der Waals surface area contributed by atoms with Crippen LogP contribution in [0.5, 0.6) is 0 Å². The van der Waals surface area contributed by atoms with Crippen molar-refractivity contribution in [3.05, 3.63) is 83.2 Å². The van der Waals surface area contributed by atoms with E-state index < -0.39 is 12.1 Å². The number of nitrogens with two attached hydrogens (primary N) is 1. The highest BCUT2D eigenvalue weighted by Crippen LogP contribution is 2.28. The largest absolute Gasteiger partial charge is 0.382 e. The van der Waals surface area contributed by atoms with E-state index in [1.807, 2.05) is 6.08 Å². The van der Waals surface area contributed by atoms with Crippen LogP contribution in [0.2, 0.25) is 5.02 Å². The summed E-state index contributed by atoms with van der Waals surface area (Å²) in [5.74, 6) is -0.153. The maximum Gasteiger partial charge on any atom is 0.257 e. The first-order valence-electron chi connectivity index (χ1n) is 10.7. The van der Waals surface area contributed by atoms with Gasteiger partial charge in [0.2, 0.25) is 0 Å². The molecule has 1 aliphatic carbocycles. The average Bonchev–Trinajstić information content (AvgIpc) is 3.52. The first-order chi connectivity index (χ1) is 17.0. The molecule has 1 atom stereocenters. The van der Waals surface area contributed by atoms with Crippen LogP contribution in [0.3, 0.4) is 0 Å². The fourth-order valence-electron chi connectivity index (χ4n) is 3.62. The van der Waals surface area contributed by atoms with Crippen molar-refractivity contribution in [1.29, 1.82) is 0 Å². The first kappa shape index (κ1) is 22.5. The van der Waals surface area contributed by atoms with Crippen molar-refractivity contribution in [2.75, 3.05) is 11.1 Å². The van der Waals surface area contributed by atoms with Gasteiger partial charge in [0.15, 0.2) is 11.6 Å². The van der Waals surface area contributed by atoms with E-state index in [0.29, 0.717) is 39.7 Å². The molecule has 0 bridgehead atoms. The van der Waals surface area contributed by atoms with E-state index in [-0.39, 0.29) is 23.9 Å². The number of rotatable bonds is 6. The number of allylic oxidation sites excluding steroid dienone is 4.